The Bertz CT molecular complexity index is 511. The Morgan fingerprint density at radius 2 is 2.25 bits per heavy atom. The quantitative estimate of drug-likeness (QED) is 0.562. The van der Waals surface area contributed by atoms with Crippen molar-refractivity contribution < 1.29 is 8.42 Å². The zero-order valence-electron chi connectivity index (χ0n) is 11.7. The number of aromatic nitrogens is 2. The van der Waals surface area contributed by atoms with Gasteiger partial charge in [-0.15, -0.1) is 0 Å². The van der Waals surface area contributed by atoms with Crippen LogP contribution in [0.1, 0.15) is 31.2 Å². The van der Waals surface area contributed by atoms with Crippen molar-refractivity contribution in [2.45, 2.75) is 43.3 Å². The molecule has 0 amide bonds. The van der Waals surface area contributed by atoms with E-state index in [1.54, 1.807) is 18.0 Å². The summed E-state index contributed by atoms with van der Waals surface area (Å²) in [6, 6.07) is 0.542. The lowest BCUT2D eigenvalue weighted by Gasteiger charge is -2.07. The number of thioether (sulfide) groups is 1. The molecule has 114 valence electrons. The second-order valence-electron chi connectivity index (χ2n) is 4.98. The number of hydrogen-bond acceptors (Lipinski definition) is 5. The van der Waals surface area contributed by atoms with E-state index in [9.17, 15) is 8.42 Å². The van der Waals surface area contributed by atoms with Gasteiger partial charge < -0.3 is 5.32 Å². The lowest BCUT2D eigenvalue weighted by atomic mass is 10.3. The van der Waals surface area contributed by atoms with Crippen LogP contribution < -0.4 is 10.0 Å². The van der Waals surface area contributed by atoms with Crippen LogP contribution in [-0.4, -0.2) is 43.2 Å². The average molecular weight is 318 g/mol. The predicted molar refractivity (Wildman–Crippen MR) is 81.3 cm³/mol. The number of nitrogens with zero attached hydrogens (tertiary/aromatic N) is 1. The molecule has 1 saturated carbocycles. The summed E-state index contributed by atoms with van der Waals surface area (Å²) < 4.78 is 27.0. The predicted octanol–water partition coefficient (Wildman–Crippen LogP) is 1.08. The van der Waals surface area contributed by atoms with E-state index in [1.807, 2.05) is 6.26 Å². The molecular formula is C12H22N4O2S2. The van der Waals surface area contributed by atoms with Crippen molar-refractivity contribution in [1.29, 1.82) is 0 Å². The van der Waals surface area contributed by atoms with Gasteiger partial charge in [0.15, 0.2) is 5.03 Å². The summed E-state index contributed by atoms with van der Waals surface area (Å²) in [4.78, 5) is 0. The molecule has 0 aliphatic heterocycles. The second kappa shape index (κ2) is 7.44. The zero-order valence-corrected chi connectivity index (χ0v) is 13.3. The maximum Gasteiger partial charge on any atom is 0.257 e. The summed E-state index contributed by atoms with van der Waals surface area (Å²) in [5.74, 6) is 1.06. The van der Waals surface area contributed by atoms with Gasteiger partial charge in [0, 0.05) is 24.7 Å². The van der Waals surface area contributed by atoms with E-state index in [4.69, 9.17) is 0 Å². The summed E-state index contributed by atoms with van der Waals surface area (Å²) >= 11 is 1.77. The van der Waals surface area contributed by atoms with Gasteiger partial charge in [-0.3, -0.25) is 5.10 Å². The van der Waals surface area contributed by atoms with Crippen molar-refractivity contribution in [3.8, 4) is 0 Å². The minimum atomic E-state index is -3.48. The summed E-state index contributed by atoms with van der Waals surface area (Å²) in [5.41, 5.74) is 0.702. The number of H-pyrrole nitrogens is 1. The first kappa shape index (κ1) is 15.8. The first-order valence-electron chi connectivity index (χ1n) is 6.87. The highest BCUT2D eigenvalue weighted by Gasteiger charge is 2.24. The minimum Gasteiger partial charge on any atom is -0.310 e. The van der Waals surface area contributed by atoms with Gasteiger partial charge in [-0.2, -0.15) is 16.9 Å². The molecular weight excluding hydrogens is 296 g/mol. The van der Waals surface area contributed by atoms with Gasteiger partial charge in [0.1, 0.15) is 0 Å². The molecule has 1 fully saturated rings. The van der Waals surface area contributed by atoms with E-state index >= 15 is 0 Å². The Balaban J connectivity index is 1.85. The lowest BCUT2D eigenvalue weighted by molar-refractivity contribution is 0.571. The first-order chi connectivity index (χ1) is 9.63. The van der Waals surface area contributed by atoms with Crippen LogP contribution >= 0.6 is 11.8 Å². The fourth-order valence-electron chi connectivity index (χ4n) is 1.85. The molecule has 1 aliphatic carbocycles. The van der Waals surface area contributed by atoms with Gasteiger partial charge in [0.25, 0.3) is 10.0 Å². The third-order valence-corrected chi connectivity index (χ3v) is 5.34. The summed E-state index contributed by atoms with van der Waals surface area (Å²) in [5, 5.41) is 9.95. The first-order valence-corrected chi connectivity index (χ1v) is 9.75. The molecule has 0 radical (unpaired) electrons. The van der Waals surface area contributed by atoms with Crippen LogP contribution in [0.15, 0.2) is 11.2 Å². The Labute approximate surface area is 124 Å². The Kier molecular flexibility index (Phi) is 5.88. The van der Waals surface area contributed by atoms with Gasteiger partial charge in [-0.1, -0.05) is 0 Å². The molecule has 0 atom stereocenters. The van der Waals surface area contributed by atoms with Crippen molar-refractivity contribution in [2.75, 3.05) is 18.6 Å². The van der Waals surface area contributed by atoms with Crippen LogP contribution in [0.25, 0.3) is 0 Å². The largest absolute Gasteiger partial charge is 0.310 e. The van der Waals surface area contributed by atoms with Crippen molar-refractivity contribution >= 4 is 21.8 Å². The second-order valence-corrected chi connectivity index (χ2v) is 7.67. The number of unbranched alkanes of at least 4 members (excludes halogenated alkanes) is 1. The number of sulfonamides is 1. The fourth-order valence-corrected chi connectivity index (χ4v) is 3.54. The molecule has 6 nitrogen and oxygen atoms in total. The van der Waals surface area contributed by atoms with Crippen LogP contribution in [0.3, 0.4) is 0 Å². The lowest BCUT2D eigenvalue weighted by Crippen LogP contribution is -2.27. The van der Waals surface area contributed by atoms with E-state index in [2.05, 4.69) is 20.2 Å². The molecule has 1 aromatic heterocycles. The Morgan fingerprint density at radius 1 is 1.45 bits per heavy atom. The highest BCUT2D eigenvalue weighted by molar-refractivity contribution is 7.98. The molecule has 1 heterocycles. The number of nitrogens with one attached hydrogen (secondary N) is 3. The van der Waals surface area contributed by atoms with Crippen LogP contribution in [0.5, 0.6) is 0 Å². The molecule has 0 unspecified atom stereocenters. The summed E-state index contributed by atoms with van der Waals surface area (Å²) in [6.07, 6.45) is 7.85. The number of aromatic amines is 1. The van der Waals surface area contributed by atoms with Crippen LogP contribution in [0.4, 0.5) is 0 Å². The summed E-state index contributed by atoms with van der Waals surface area (Å²) in [6.45, 7) is 1.02. The van der Waals surface area contributed by atoms with E-state index in [1.165, 1.54) is 12.8 Å². The van der Waals surface area contributed by atoms with Gasteiger partial charge in [0.2, 0.25) is 0 Å². The van der Waals surface area contributed by atoms with E-state index < -0.39 is 10.0 Å². The Morgan fingerprint density at radius 3 is 2.95 bits per heavy atom. The minimum absolute atomic E-state index is 0.190. The van der Waals surface area contributed by atoms with E-state index in [0.717, 1.165) is 18.6 Å². The maximum absolute atomic E-state index is 12.2. The van der Waals surface area contributed by atoms with Gasteiger partial charge in [-0.25, -0.2) is 13.1 Å². The molecule has 0 spiro atoms. The molecule has 3 N–H and O–H groups in total. The SMILES string of the molecule is CSCCCCNS(=O)(=O)c1[nH]ncc1CNC1CC1. The molecule has 8 heteroatoms. The van der Waals surface area contributed by atoms with Crippen molar-refractivity contribution in [2.24, 2.45) is 0 Å². The molecule has 0 bridgehead atoms. The smallest absolute Gasteiger partial charge is 0.257 e. The molecule has 0 aromatic carbocycles. The number of hydrogen-bond donors (Lipinski definition) is 3. The van der Waals surface area contributed by atoms with Crippen LogP contribution in [0.2, 0.25) is 0 Å². The number of rotatable bonds is 10. The topological polar surface area (TPSA) is 86.9 Å². The highest BCUT2D eigenvalue weighted by atomic mass is 32.2. The molecule has 0 saturated heterocycles. The average Bonchev–Trinajstić information content (AvgIpc) is 3.12. The van der Waals surface area contributed by atoms with Gasteiger partial charge >= 0.3 is 0 Å². The standard InChI is InChI=1S/C12H22N4O2S2/c1-19-7-3-2-6-15-20(17,18)12-10(9-14-16-12)8-13-11-4-5-11/h9,11,13,15H,2-8H2,1H3,(H,14,16). The third-order valence-electron chi connectivity index (χ3n) is 3.17. The zero-order chi connectivity index (χ0) is 14.4. The molecule has 20 heavy (non-hydrogen) atoms. The molecule has 1 aromatic rings. The highest BCUT2D eigenvalue weighted by Crippen LogP contribution is 2.20. The van der Waals surface area contributed by atoms with Crippen molar-refractivity contribution in [3.63, 3.8) is 0 Å². The molecule has 2 rings (SSSR count). The maximum atomic E-state index is 12.2. The fraction of sp³-hybridized carbons (Fsp3) is 0.750. The Hall–Kier alpha value is -0.570. The summed E-state index contributed by atoms with van der Waals surface area (Å²) in [7, 11) is -3.48. The van der Waals surface area contributed by atoms with Crippen LogP contribution in [0, 0.1) is 0 Å². The monoisotopic (exact) mass is 318 g/mol. The third kappa shape index (κ3) is 4.76. The van der Waals surface area contributed by atoms with E-state index in [0.29, 0.717) is 24.7 Å². The van der Waals surface area contributed by atoms with Crippen LogP contribution in [-0.2, 0) is 16.6 Å². The van der Waals surface area contributed by atoms with Gasteiger partial charge in [-0.05, 0) is 37.7 Å². The van der Waals surface area contributed by atoms with E-state index in [-0.39, 0.29) is 5.03 Å². The van der Waals surface area contributed by atoms with Crippen molar-refractivity contribution in [1.82, 2.24) is 20.2 Å². The normalized spacial score (nSPS) is 15.7. The molecule has 1 aliphatic rings. The van der Waals surface area contributed by atoms with Crippen molar-refractivity contribution in [3.05, 3.63) is 11.8 Å². The van der Waals surface area contributed by atoms with Gasteiger partial charge in [0.05, 0.1) is 6.20 Å².